The summed E-state index contributed by atoms with van der Waals surface area (Å²) in [4.78, 5) is 14.6. The van der Waals surface area contributed by atoms with Crippen LogP contribution in [0.5, 0.6) is 0 Å². The molecule has 2 fully saturated rings. The van der Waals surface area contributed by atoms with Crippen LogP contribution in [0.2, 0.25) is 0 Å². The average Bonchev–Trinajstić information content (AvgIpc) is 2.33. The van der Waals surface area contributed by atoms with Crippen LogP contribution in [-0.4, -0.2) is 42.1 Å². The van der Waals surface area contributed by atoms with Crippen molar-refractivity contribution in [3.8, 4) is 0 Å². The molecule has 2 rings (SSSR count). The maximum Gasteiger partial charge on any atom is 0.243 e. The number of rotatable bonds is 1. The van der Waals surface area contributed by atoms with Crippen molar-refractivity contribution in [2.45, 2.75) is 51.1 Å². The summed E-state index contributed by atoms with van der Waals surface area (Å²) in [5, 5.41) is 0. The van der Waals surface area contributed by atoms with Crippen LogP contribution in [0.15, 0.2) is 0 Å². The van der Waals surface area contributed by atoms with E-state index in [1.54, 1.807) is 0 Å². The Bertz CT molecular complexity index is 287. The molecule has 0 aliphatic carbocycles. The van der Waals surface area contributed by atoms with Crippen LogP contribution in [-0.2, 0) is 9.53 Å². The molecule has 0 spiro atoms. The van der Waals surface area contributed by atoms with Crippen LogP contribution in [0, 0.1) is 5.92 Å². The molecule has 17 heavy (non-hydrogen) atoms. The van der Waals surface area contributed by atoms with Gasteiger partial charge in [-0.1, -0.05) is 6.92 Å². The Hall–Kier alpha value is -0.610. The van der Waals surface area contributed by atoms with Crippen molar-refractivity contribution < 1.29 is 9.53 Å². The second-order valence-corrected chi connectivity index (χ2v) is 5.63. The maximum absolute atomic E-state index is 12.6. The predicted molar refractivity (Wildman–Crippen MR) is 66.5 cm³/mol. The number of piperidine rings is 1. The van der Waals surface area contributed by atoms with E-state index in [0.717, 1.165) is 13.0 Å². The van der Waals surface area contributed by atoms with Gasteiger partial charge in [-0.05, 0) is 38.5 Å². The summed E-state index contributed by atoms with van der Waals surface area (Å²) < 4.78 is 5.30. The van der Waals surface area contributed by atoms with Gasteiger partial charge in [0.15, 0.2) is 0 Å². The Balaban J connectivity index is 2.07. The van der Waals surface area contributed by atoms with Gasteiger partial charge in [-0.25, -0.2) is 0 Å². The van der Waals surface area contributed by atoms with E-state index in [1.807, 2.05) is 4.90 Å². The van der Waals surface area contributed by atoms with Crippen molar-refractivity contribution >= 4 is 5.91 Å². The fourth-order valence-electron chi connectivity index (χ4n) is 2.86. The second kappa shape index (κ2) is 4.94. The number of ether oxygens (including phenoxy) is 1. The highest BCUT2D eigenvalue weighted by Crippen LogP contribution is 2.28. The minimum Gasteiger partial charge on any atom is -0.381 e. The molecule has 2 aliphatic heterocycles. The zero-order valence-electron chi connectivity index (χ0n) is 10.9. The molecule has 2 N–H and O–H groups in total. The fourth-order valence-corrected chi connectivity index (χ4v) is 2.86. The number of amides is 1. The molecule has 0 aromatic carbocycles. The molecule has 1 amide bonds. The molecule has 2 aliphatic rings. The summed E-state index contributed by atoms with van der Waals surface area (Å²) in [6.45, 7) is 6.45. The second-order valence-electron chi connectivity index (χ2n) is 5.63. The van der Waals surface area contributed by atoms with Crippen LogP contribution in [0.1, 0.15) is 39.5 Å². The molecule has 4 nitrogen and oxygen atoms in total. The van der Waals surface area contributed by atoms with Gasteiger partial charge in [-0.3, -0.25) is 4.79 Å². The molecule has 0 saturated carbocycles. The van der Waals surface area contributed by atoms with Crippen molar-refractivity contribution in [3.05, 3.63) is 0 Å². The van der Waals surface area contributed by atoms with Gasteiger partial charge in [0.2, 0.25) is 5.91 Å². The molecule has 2 atom stereocenters. The van der Waals surface area contributed by atoms with E-state index in [9.17, 15) is 4.79 Å². The Morgan fingerprint density at radius 3 is 2.65 bits per heavy atom. The zero-order valence-corrected chi connectivity index (χ0v) is 10.9. The van der Waals surface area contributed by atoms with E-state index < -0.39 is 5.54 Å². The van der Waals surface area contributed by atoms with Crippen molar-refractivity contribution in [2.24, 2.45) is 11.7 Å². The van der Waals surface area contributed by atoms with Crippen LogP contribution in [0.4, 0.5) is 0 Å². The lowest BCUT2D eigenvalue weighted by molar-refractivity contribution is -0.145. The number of hydrogen-bond donors (Lipinski definition) is 1. The van der Waals surface area contributed by atoms with Crippen LogP contribution < -0.4 is 5.73 Å². The molecule has 4 heteroatoms. The lowest BCUT2D eigenvalue weighted by atomic mass is 9.85. The summed E-state index contributed by atoms with van der Waals surface area (Å²) in [6.07, 6.45) is 3.63. The Morgan fingerprint density at radius 1 is 1.35 bits per heavy atom. The Morgan fingerprint density at radius 2 is 2.00 bits per heavy atom. The van der Waals surface area contributed by atoms with E-state index in [4.69, 9.17) is 10.5 Å². The summed E-state index contributed by atoms with van der Waals surface area (Å²) in [6, 6.07) is 0.319. The molecule has 2 unspecified atom stereocenters. The largest absolute Gasteiger partial charge is 0.381 e. The topological polar surface area (TPSA) is 55.6 Å². The minimum atomic E-state index is -0.677. The van der Waals surface area contributed by atoms with Gasteiger partial charge in [-0.15, -0.1) is 0 Å². The zero-order chi connectivity index (χ0) is 12.5. The van der Waals surface area contributed by atoms with E-state index in [0.29, 0.717) is 38.0 Å². The van der Waals surface area contributed by atoms with Gasteiger partial charge in [0.1, 0.15) is 0 Å². The quantitative estimate of drug-likeness (QED) is 0.748. The van der Waals surface area contributed by atoms with Gasteiger partial charge in [0, 0.05) is 25.8 Å². The molecule has 2 saturated heterocycles. The third kappa shape index (κ3) is 2.47. The van der Waals surface area contributed by atoms with Crippen molar-refractivity contribution in [1.29, 1.82) is 0 Å². The maximum atomic E-state index is 12.6. The number of carbonyl (C=O) groups excluding carboxylic acids is 1. The van der Waals surface area contributed by atoms with Gasteiger partial charge >= 0.3 is 0 Å². The molecular formula is C13H24N2O2. The lowest BCUT2D eigenvalue weighted by Gasteiger charge is -2.43. The standard InChI is InChI=1S/C13H24N2O2/c1-10-4-3-7-15(11(10)2)12(16)13(14)5-8-17-9-6-13/h10-11H,3-9,14H2,1-2H3. The number of nitrogens with two attached hydrogens (primary N) is 1. The molecule has 0 aromatic heterocycles. The number of hydrogen-bond acceptors (Lipinski definition) is 3. The van der Waals surface area contributed by atoms with E-state index >= 15 is 0 Å². The van der Waals surface area contributed by atoms with Crippen LogP contribution in [0.3, 0.4) is 0 Å². The molecular weight excluding hydrogens is 216 g/mol. The van der Waals surface area contributed by atoms with Crippen LogP contribution in [0.25, 0.3) is 0 Å². The summed E-state index contributed by atoms with van der Waals surface area (Å²) >= 11 is 0. The number of carbonyl (C=O) groups is 1. The number of likely N-dealkylation sites (tertiary alicyclic amines) is 1. The highest BCUT2D eigenvalue weighted by molar-refractivity contribution is 5.86. The predicted octanol–water partition coefficient (Wildman–Crippen LogP) is 1.14. The molecule has 0 bridgehead atoms. The third-order valence-corrected chi connectivity index (χ3v) is 4.45. The first-order valence-corrected chi connectivity index (χ1v) is 6.72. The highest BCUT2D eigenvalue weighted by atomic mass is 16.5. The van der Waals surface area contributed by atoms with E-state index in [-0.39, 0.29) is 5.91 Å². The normalized spacial score (nSPS) is 33.5. The third-order valence-electron chi connectivity index (χ3n) is 4.45. The number of nitrogens with zero attached hydrogens (tertiary/aromatic N) is 1. The first-order valence-electron chi connectivity index (χ1n) is 6.72. The first kappa shape index (κ1) is 12.8. The summed E-state index contributed by atoms with van der Waals surface area (Å²) in [7, 11) is 0. The highest BCUT2D eigenvalue weighted by Gasteiger charge is 2.41. The van der Waals surface area contributed by atoms with Gasteiger partial charge < -0.3 is 15.4 Å². The van der Waals surface area contributed by atoms with Crippen molar-refractivity contribution in [3.63, 3.8) is 0 Å². The first-order chi connectivity index (χ1) is 8.04. The smallest absolute Gasteiger partial charge is 0.243 e. The van der Waals surface area contributed by atoms with E-state index in [1.165, 1.54) is 6.42 Å². The monoisotopic (exact) mass is 240 g/mol. The SMILES string of the molecule is CC1CCCN(C(=O)C2(N)CCOCC2)C1C. The van der Waals surface area contributed by atoms with Gasteiger partial charge in [-0.2, -0.15) is 0 Å². The lowest BCUT2D eigenvalue weighted by Crippen LogP contribution is -2.61. The summed E-state index contributed by atoms with van der Waals surface area (Å²) in [5.41, 5.74) is 5.59. The molecule has 98 valence electrons. The Labute approximate surface area is 103 Å². The average molecular weight is 240 g/mol. The van der Waals surface area contributed by atoms with Crippen molar-refractivity contribution in [2.75, 3.05) is 19.8 Å². The molecule has 0 radical (unpaired) electrons. The van der Waals surface area contributed by atoms with E-state index in [2.05, 4.69) is 13.8 Å². The fraction of sp³-hybridized carbons (Fsp3) is 0.923. The van der Waals surface area contributed by atoms with Crippen LogP contribution >= 0.6 is 0 Å². The minimum absolute atomic E-state index is 0.139. The Kier molecular flexibility index (Phi) is 3.73. The van der Waals surface area contributed by atoms with Crippen molar-refractivity contribution in [1.82, 2.24) is 4.90 Å². The molecule has 0 aromatic rings. The summed E-state index contributed by atoms with van der Waals surface area (Å²) in [5.74, 6) is 0.719. The van der Waals surface area contributed by atoms with Gasteiger partial charge in [0.05, 0.1) is 5.54 Å². The van der Waals surface area contributed by atoms with Gasteiger partial charge in [0.25, 0.3) is 0 Å². The molecule has 2 heterocycles.